The smallest absolute Gasteiger partial charge is 0.196 e. The molecular formula is C51H33N3O. The summed E-state index contributed by atoms with van der Waals surface area (Å²) in [5, 5.41) is 13.3. The van der Waals surface area contributed by atoms with Gasteiger partial charge in [0, 0.05) is 43.9 Å². The number of nitrogens with zero attached hydrogens (tertiary/aromatic N) is 2. The van der Waals surface area contributed by atoms with Gasteiger partial charge in [-0.1, -0.05) is 121 Å². The first-order valence-corrected chi connectivity index (χ1v) is 18.9. The van der Waals surface area contributed by atoms with Crippen molar-refractivity contribution in [1.82, 2.24) is 9.13 Å². The molecule has 1 aliphatic heterocycles. The van der Waals surface area contributed by atoms with Crippen molar-refractivity contribution in [2.75, 3.05) is 5.32 Å². The van der Waals surface area contributed by atoms with Crippen molar-refractivity contribution in [3.63, 3.8) is 0 Å². The van der Waals surface area contributed by atoms with Gasteiger partial charge >= 0.3 is 0 Å². The Morgan fingerprint density at radius 1 is 0.400 bits per heavy atom. The van der Waals surface area contributed by atoms with Gasteiger partial charge in [0.05, 0.1) is 27.8 Å². The molecule has 12 rings (SSSR count). The SMILES string of the molecule is c1ccc(C2Nc3ccc4ccc5cc(-n6c7ccccc7c7cc(-c8ccc9c(c8)c8ccccc8n9-c8ccccc8)ccc76)ccc5c4c3O2)cc1. The fraction of sp³-hybridized carbons (Fsp3) is 0.0196. The van der Waals surface area contributed by atoms with Crippen LogP contribution in [0.25, 0.3) is 87.7 Å². The maximum absolute atomic E-state index is 6.63. The zero-order valence-electron chi connectivity index (χ0n) is 29.8. The topological polar surface area (TPSA) is 31.1 Å². The molecule has 0 amide bonds. The van der Waals surface area contributed by atoms with Crippen LogP contribution in [0.2, 0.25) is 0 Å². The van der Waals surface area contributed by atoms with E-state index in [1.807, 2.05) is 6.07 Å². The van der Waals surface area contributed by atoms with E-state index in [2.05, 4.69) is 196 Å². The van der Waals surface area contributed by atoms with E-state index in [1.165, 1.54) is 76.6 Å². The second-order valence-corrected chi connectivity index (χ2v) is 14.6. The first-order valence-electron chi connectivity index (χ1n) is 18.9. The summed E-state index contributed by atoms with van der Waals surface area (Å²) in [5.41, 5.74) is 11.7. The Labute approximate surface area is 317 Å². The standard InChI is InChI=1S/C51H33N3O/c1-3-11-33(12-4-1)51-52-44-26-21-32-19-20-36-29-38(24-25-39(36)49(32)50(44)55-51)54-46-18-10-8-16-41(46)43-31-35(23-28-48(43)54)34-22-27-47-42(30-34)40-15-7-9-17-45(40)53(47)37-13-5-2-6-14-37/h1-31,51-52H. The minimum absolute atomic E-state index is 0.213. The molecule has 1 aliphatic rings. The number of para-hydroxylation sites is 3. The van der Waals surface area contributed by atoms with Crippen LogP contribution in [0.3, 0.4) is 0 Å². The minimum Gasteiger partial charge on any atom is -0.464 e. The number of ether oxygens (including phenoxy) is 1. The monoisotopic (exact) mass is 703 g/mol. The van der Waals surface area contributed by atoms with Gasteiger partial charge in [-0.2, -0.15) is 0 Å². The van der Waals surface area contributed by atoms with Crippen molar-refractivity contribution in [2.24, 2.45) is 0 Å². The molecule has 0 saturated heterocycles. The molecule has 0 fully saturated rings. The lowest BCUT2D eigenvalue weighted by Gasteiger charge is -2.13. The van der Waals surface area contributed by atoms with E-state index in [1.54, 1.807) is 0 Å². The third kappa shape index (κ3) is 4.52. The highest BCUT2D eigenvalue weighted by Gasteiger charge is 2.26. The summed E-state index contributed by atoms with van der Waals surface area (Å²) in [4.78, 5) is 0. The number of benzene rings is 9. The molecule has 1 N–H and O–H groups in total. The predicted molar refractivity (Wildman–Crippen MR) is 229 cm³/mol. The van der Waals surface area contributed by atoms with Gasteiger partial charge in [0.15, 0.2) is 12.0 Å². The Hall–Kier alpha value is -7.30. The number of hydrogen-bond acceptors (Lipinski definition) is 2. The lowest BCUT2D eigenvalue weighted by molar-refractivity contribution is 0.263. The second-order valence-electron chi connectivity index (χ2n) is 14.6. The van der Waals surface area contributed by atoms with Crippen LogP contribution in [0.5, 0.6) is 5.75 Å². The predicted octanol–water partition coefficient (Wildman–Crippen LogP) is 13.4. The molecule has 3 heterocycles. The van der Waals surface area contributed by atoms with Crippen LogP contribution in [-0.4, -0.2) is 9.13 Å². The maximum atomic E-state index is 6.63. The lowest BCUT2D eigenvalue weighted by atomic mass is 10.00. The summed E-state index contributed by atoms with van der Waals surface area (Å²) >= 11 is 0. The van der Waals surface area contributed by atoms with Gasteiger partial charge in [-0.25, -0.2) is 0 Å². The molecule has 0 spiro atoms. The summed E-state index contributed by atoms with van der Waals surface area (Å²) in [7, 11) is 0. The van der Waals surface area contributed by atoms with Crippen LogP contribution in [0.1, 0.15) is 11.8 Å². The Kier molecular flexibility index (Phi) is 6.37. The molecule has 1 atom stereocenters. The first-order chi connectivity index (χ1) is 27.3. The Bertz CT molecular complexity index is 3320. The van der Waals surface area contributed by atoms with Crippen LogP contribution in [0.15, 0.2) is 188 Å². The van der Waals surface area contributed by atoms with Crippen molar-refractivity contribution < 1.29 is 4.74 Å². The highest BCUT2D eigenvalue weighted by Crippen LogP contribution is 2.46. The summed E-state index contributed by atoms with van der Waals surface area (Å²) < 4.78 is 11.4. The highest BCUT2D eigenvalue weighted by atomic mass is 16.5. The van der Waals surface area contributed by atoms with Crippen molar-refractivity contribution in [2.45, 2.75) is 6.23 Å². The third-order valence-electron chi connectivity index (χ3n) is 11.5. The van der Waals surface area contributed by atoms with Gasteiger partial charge in [0.25, 0.3) is 0 Å². The molecule has 9 aromatic carbocycles. The quantitative estimate of drug-likeness (QED) is 0.185. The van der Waals surface area contributed by atoms with Gasteiger partial charge in [0.2, 0.25) is 0 Å². The molecule has 4 heteroatoms. The Morgan fingerprint density at radius 3 is 1.65 bits per heavy atom. The number of aromatic nitrogens is 2. The average molecular weight is 704 g/mol. The molecular weight excluding hydrogens is 671 g/mol. The second kappa shape index (κ2) is 11.6. The summed E-state index contributed by atoms with van der Waals surface area (Å²) in [5.74, 6) is 0.914. The largest absolute Gasteiger partial charge is 0.464 e. The molecule has 0 radical (unpaired) electrons. The van der Waals surface area contributed by atoms with Gasteiger partial charge in [-0.15, -0.1) is 0 Å². The Morgan fingerprint density at radius 2 is 0.964 bits per heavy atom. The zero-order valence-corrected chi connectivity index (χ0v) is 29.8. The highest BCUT2D eigenvalue weighted by molar-refractivity contribution is 6.15. The van der Waals surface area contributed by atoms with Crippen LogP contribution >= 0.6 is 0 Å². The number of nitrogens with one attached hydrogen (secondary N) is 1. The van der Waals surface area contributed by atoms with E-state index in [0.29, 0.717) is 0 Å². The molecule has 55 heavy (non-hydrogen) atoms. The molecule has 2 aromatic heterocycles. The van der Waals surface area contributed by atoms with Gasteiger partial charge < -0.3 is 19.2 Å². The van der Waals surface area contributed by atoms with Crippen LogP contribution < -0.4 is 10.1 Å². The molecule has 0 saturated carbocycles. The van der Waals surface area contributed by atoms with Crippen LogP contribution in [0.4, 0.5) is 5.69 Å². The Balaban J connectivity index is 0.989. The zero-order chi connectivity index (χ0) is 36.0. The van der Waals surface area contributed by atoms with Crippen molar-refractivity contribution in [3.05, 3.63) is 194 Å². The van der Waals surface area contributed by atoms with E-state index in [-0.39, 0.29) is 6.23 Å². The van der Waals surface area contributed by atoms with Gasteiger partial charge in [-0.05, 0) is 94.0 Å². The molecule has 4 nitrogen and oxygen atoms in total. The van der Waals surface area contributed by atoms with E-state index in [9.17, 15) is 0 Å². The molecule has 0 aliphatic carbocycles. The number of fused-ring (bicyclic) bond motifs is 11. The van der Waals surface area contributed by atoms with E-state index < -0.39 is 0 Å². The fourth-order valence-electron chi connectivity index (χ4n) is 8.99. The lowest BCUT2D eigenvalue weighted by Crippen LogP contribution is -2.09. The van der Waals surface area contributed by atoms with Crippen molar-refractivity contribution in [1.29, 1.82) is 0 Å². The third-order valence-corrected chi connectivity index (χ3v) is 11.5. The summed E-state index contributed by atoms with van der Waals surface area (Å²) in [6.07, 6.45) is -0.213. The van der Waals surface area contributed by atoms with E-state index in [4.69, 9.17) is 4.74 Å². The fourth-order valence-corrected chi connectivity index (χ4v) is 8.99. The summed E-state index contributed by atoms with van der Waals surface area (Å²) in [6, 6.07) is 68.0. The van der Waals surface area contributed by atoms with Crippen LogP contribution in [-0.2, 0) is 0 Å². The normalized spacial score (nSPS) is 13.9. The first kappa shape index (κ1) is 30.2. The average Bonchev–Trinajstić information content (AvgIpc) is 3.94. The van der Waals surface area contributed by atoms with E-state index >= 15 is 0 Å². The number of anilines is 1. The minimum atomic E-state index is -0.213. The molecule has 11 aromatic rings. The molecule has 0 bridgehead atoms. The van der Waals surface area contributed by atoms with E-state index in [0.717, 1.165) is 28.1 Å². The molecule has 1 unspecified atom stereocenters. The summed E-state index contributed by atoms with van der Waals surface area (Å²) in [6.45, 7) is 0. The maximum Gasteiger partial charge on any atom is 0.196 e. The number of rotatable bonds is 4. The van der Waals surface area contributed by atoms with Crippen LogP contribution in [0, 0.1) is 0 Å². The molecule has 258 valence electrons. The number of hydrogen-bond donors (Lipinski definition) is 1. The van der Waals surface area contributed by atoms with Gasteiger partial charge in [-0.3, -0.25) is 0 Å². The van der Waals surface area contributed by atoms with Gasteiger partial charge in [0.1, 0.15) is 0 Å². The van der Waals surface area contributed by atoms with Crippen molar-refractivity contribution in [3.8, 4) is 28.3 Å². The van der Waals surface area contributed by atoms with Crippen molar-refractivity contribution >= 4 is 70.8 Å².